The molecule has 0 unspecified atom stereocenters. The zero-order valence-electron chi connectivity index (χ0n) is 8.43. The third kappa shape index (κ3) is 2.28. The second-order valence-electron chi connectivity index (χ2n) is 3.04. The van der Waals surface area contributed by atoms with E-state index in [9.17, 15) is 0 Å². The molecule has 0 amide bonds. The summed E-state index contributed by atoms with van der Waals surface area (Å²) in [7, 11) is 0. The van der Waals surface area contributed by atoms with Gasteiger partial charge in [-0.2, -0.15) is 15.0 Å². The highest BCUT2D eigenvalue weighted by Crippen LogP contribution is 2.16. The summed E-state index contributed by atoms with van der Waals surface area (Å²) in [5.74, 6) is 0.378. The van der Waals surface area contributed by atoms with Crippen molar-refractivity contribution < 1.29 is 0 Å². The Morgan fingerprint density at radius 3 is 2.50 bits per heavy atom. The molecule has 0 radical (unpaired) electrons. The Balaban J connectivity index is 2.45. The quantitative estimate of drug-likeness (QED) is 0.841. The highest BCUT2D eigenvalue weighted by Gasteiger charge is 2.11. The lowest BCUT2D eigenvalue weighted by molar-refractivity contribution is 0.582. The minimum Gasteiger partial charge on any atom is -0.241 e. The van der Waals surface area contributed by atoms with Crippen LogP contribution in [0.5, 0.6) is 0 Å². The SMILES string of the molecule is CCCn1nncc1-c1nc(Cl)nc(Cl)n1. The summed E-state index contributed by atoms with van der Waals surface area (Å²) in [6, 6.07) is 0. The molecule has 2 aromatic heterocycles. The van der Waals surface area contributed by atoms with Gasteiger partial charge in [-0.3, -0.25) is 0 Å². The van der Waals surface area contributed by atoms with Crippen molar-refractivity contribution in [3.05, 3.63) is 16.8 Å². The van der Waals surface area contributed by atoms with Crippen molar-refractivity contribution in [2.75, 3.05) is 0 Å². The molecule has 0 aliphatic carbocycles. The third-order valence-electron chi connectivity index (χ3n) is 1.86. The number of halogens is 2. The Morgan fingerprint density at radius 2 is 1.88 bits per heavy atom. The lowest BCUT2D eigenvalue weighted by Gasteiger charge is -2.03. The summed E-state index contributed by atoms with van der Waals surface area (Å²) < 4.78 is 1.70. The summed E-state index contributed by atoms with van der Waals surface area (Å²) >= 11 is 11.4. The molecule has 0 fully saturated rings. The summed E-state index contributed by atoms with van der Waals surface area (Å²) in [5, 5.41) is 7.83. The lowest BCUT2D eigenvalue weighted by Crippen LogP contribution is -2.04. The van der Waals surface area contributed by atoms with E-state index in [2.05, 4.69) is 25.3 Å². The van der Waals surface area contributed by atoms with Gasteiger partial charge in [-0.25, -0.2) is 4.68 Å². The van der Waals surface area contributed by atoms with Crippen molar-refractivity contribution >= 4 is 23.2 Å². The van der Waals surface area contributed by atoms with Gasteiger partial charge in [0.1, 0.15) is 5.69 Å². The van der Waals surface area contributed by atoms with E-state index in [1.54, 1.807) is 10.9 Å². The third-order valence-corrected chi connectivity index (χ3v) is 2.20. The van der Waals surface area contributed by atoms with E-state index in [0.717, 1.165) is 13.0 Å². The van der Waals surface area contributed by atoms with E-state index in [4.69, 9.17) is 23.2 Å². The van der Waals surface area contributed by atoms with E-state index in [1.165, 1.54) is 0 Å². The molecule has 84 valence electrons. The molecule has 0 spiro atoms. The Bertz CT molecular complexity index is 477. The predicted molar refractivity (Wildman–Crippen MR) is 59.2 cm³/mol. The van der Waals surface area contributed by atoms with Crippen LogP contribution in [0.2, 0.25) is 10.6 Å². The zero-order valence-corrected chi connectivity index (χ0v) is 9.94. The molecule has 2 aromatic rings. The van der Waals surface area contributed by atoms with Crippen molar-refractivity contribution in [2.24, 2.45) is 0 Å². The molecule has 0 aliphatic rings. The Kier molecular flexibility index (Phi) is 3.31. The second kappa shape index (κ2) is 4.71. The number of nitrogens with zero attached hydrogens (tertiary/aromatic N) is 6. The molecule has 8 heteroatoms. The first-order valence-corrected chi connectivity index (χ1v) is 5.42. The van der Waals surface area contributed by atoms with E-state index in [-0.39, 0.29) is 10.6 Å². The fraction of sp³-hybridized carbons (Fsp3) is 0.375. The van der Waals surface area contributed by atoms with Gasteiger partial charge < -0.3 is 0 Å². The summed E-state index contributed by atoms with van der Waals surface area (Å²) in [5.41, 5.74) is 0.674. The zero-order chi connectivity index (χ0) is 11.5. The maximum absolute atomic E-state index is 5.70. The second-order valence-corrected chi connectivity index (χ2v) is 3.72. The van der Waals surface area contributed by atoms with Crippen LogP contribution in [0.4, 0.5) is 0 Å². The van der Waals surface area contributed by atoms with Gasteiger partial charge in [0.25, 0.3) is 0 Å². The molecule has 16 heavy (non-hydrogen) atoms. The van der Waals surface area contributed by atoms with E-state index in [1.807, 2.05) is 6.92 Å². The Hall–Kier alpha value is -1.27. The van der Waals surface area contributed by atoms with Crippen LogP contribution in [0.3, 0.4) is 0 Å². The number of hydrogen-bond donors (Lipinski definition) is 0. The minimum absolute atomic E-state index is 0.0549. The highest BCUT2D eigenvalue weighted by atomic mass is 35.5. The summed E-state index contributed by atoms with van der Waals surface area (Å²) in [6.07, 6.45) is 2.50. The number of hydrogen-bond acceptors (Lipinski definition) is 5. The molecule has 6 nitrogen and oxygen atoms in total. The van der Waals surface area contributed by atoms with Gasteiger partial charge in [0.05, 0.1) is 6.20 Å². The van der Waals surface area contributed by atoms with Crippen LogP contribution in [0.25, 0.3) is 11.5 Å². The molecule has 2 heterocycles. The Labute approximate surface area is 102 Å². The number of rotatable bonds is 3. The van der Waals surface area contributed by atoms with Crippen molar-refractivity contribution in [2.45, 2.75) is 19.9 Å². The van der Waals surface area contributed by atoms with E-state index in [0.29, 0.717) is 11.5 Å². The van der Waals surface area contributed by atoms with Crippen LogP contribution in [0, 0.1) is 0 Å². The highest BCUT2D eigenvalue weighted by molar-refractivity contribution is 6.31. The first kappa shape index (κ1) is 11.2. The van der Waals surface area contributed by atoms with E-state index >= 15 is 0 Å². The smallest absolute Gasteiger partial charge is 0.227 e. The molecule has 0 bridgehead atoms. The van der Waals surface area contributed by atoms with Gasteiger partial charge in [0.15, 0.2) is 5.82 Å². The van der Waals surface area contributed by atoms with Crippen LogP contribution < -0.4 is 0 Å². The summed E-state index contributed by atoms with van der Waals surface area (Å²) in [4.78, 5) is 11.6. The van der Waals surface area contributed by atoms with Crippen LogP contribution in [0.15, 0.2) is 6.20 Å². The largest absolute Gasteiger partial charge is 0.241 e. The van der Waals surface area contributed by atoms with Crippen molar-refractivity contribution in [1.29, 1.82) is 0 Å². The lowest BCUT2D eigenvalue weighted by atomic mass is 10.4. The number of aryl methyl sites for hydroxylation is 1. The van der Waals surface area contributed by atoms with Gasteiger partial charge in [-0.15, -0.1) is 5.10 Å². The molecule has 0 atom stereocenters. The fourth-order valence-corrected chi connectivity index (χ4v) is 1.61. The molecule has 0 aromatic carbocycles. The molecule has 2 rings (SSSR count). The molecule has 0 N–H and O–H groups in total. The average Bonchev–Trinajstić information content (AvgIpc) is 2.65. The predicted octanol–water partition coefficient (Wildman–Crippen LogP) is 1.85. The fourth-order valence-electron chi connectivity index (χ4n) is 1.25. The van der Waals surface area contributed by atoms with Gasteiger partial charge >= 0.3 is 0 Å². The molecule has 0 saturated carbocycles. The van der Waals surface area contributed by atoms with Crippen LogP contribution in [-0.4, -0.2) is 29.9 Å². The first-order chi connectivity index (χ1) is 7.70. The molecule has 0 saturated heterocycles. The van der Waals surface area contributed by atoms with Gasteiger partial charge in [0.2, 0.25) is 10.6 Å². The van der Waals surface area contributed by atoms with Crippen LogP contribution in [0.1, 0.15) is 13.3 Å². The van der Waals surface area contributed by atoms with E-state index < -0.39 is 0 Å². The monoisotopic (exact) mass is 258 g/mol. The minimum atomic E-state index is 0.0549. The number of aromatic nitrogens is 6. The maximum atomic E-state index is 5.70. The van der Waals surface area contributed by atoms with Crippen LogP contribution in [-0.2, 0) is 6.54 Å². The Morgan fingerprint density at radius 1 is 1.19 bits per heavy atom. The van der Waals surface area contributed by atoms with Gasteiger partial charge in [-0.1, -0.05) is 12.1 Å². The normalized spacial score (nSPS) is 10.7. The molecular weight excluding hydrogens is 251 g/mol. The van der Waals surface area contributed by atoms with Crippen molar-refractivity contribution in [1.82, 2.24) is 29.9 Å². The van der Waals surface area contributed by atoms with Gasteiger partial charge in [0, 0.05) is 6.54 Å². The topological polar surface area (TPSA) is 69.4 Å². The molecular formula is C8H8Cl2N6. The molecule has 0 aliphatic heterocycles. The average molecular weight is 259 g/mol. The standard InChI is InChI=1S/C8H8Cl2N6/c1-2-3-16-5(4-11-15-16)6-12-7(9)14-8(10)13-6/h4H,2-3H2,1H3. The van der Waals surface area contributed by atoms with Crippen molar-refractivity contribution in [3.8, 4) is 11.5 Å². The first-order valence-electron chi connectivity index (χ1n) is 4.66. The van der Waals surface area contributed by atoms with Crippen molar-refractivity contribution in [3.63, 3.8) is 0 Å². The van der Waals surface area contributed by atoms with Crippen LogP contribution >= 0.6 is 23.2 Å². The summed E-state index contributed by atoms with van der Waals surface area (Å²) in [6.45, 7) is 2.77. The van der Waals surface area contributed by atoms with Gasteiger partial charge in [-0.05, 0) is 29.6 Å². The maximum Gasteiger partial charge on any atom is 0.227 e.